The molecule has 0 bridgehead atoms. The number of rotatable bonds is 9. The molecule has 31 heavy (non-hydrogen) atoms. The van der Waals surface area contributed by atoms with Crippen molar-refractivity contribution in [3.8, 4) is 5.75 Å². The zero-order valence-electron chi connectivity index (χ0n) is 16.2. The molecule has 1 aromatic carbocycles. The Balaban J connectivity index is 1.61. The zero-order valence-corrected chi connectivity index (χ0v) is 18.0. The van der Waals surface area contributed by atoms with E-state index in [2.05, 4.69) is 4.98 Å². The van der Waals surface area contributed by atoms with E-state index in [1.807, 2.05) is 0 Å². The molecule has 1 saturated heterocycles. The van der Waals surface area contributed by atoms with E-state index >= 15 is 0 Å². The Morgan fingerprint density at radius 2 is 2.23 bits per heavy atom. The molecule has 0 spiro atoms. The number of thioether (sulfide) groups is 1. The first kappa shape index (κ1) is 23.2. The monoisotopic (exact) mass is 474 g/mol. The Morgan fingerprint density at radius 1 is 1.52 bits per heavy atom. The number of carboxylic acid groups (broad SMARTS) is 1. The molecule has 1 aromatic heterocycles. The molecule has 11 nitrogen and oxygen atoms in total. The van der Waals surface area contributed by atoms with Gasteiger partial charge < -0.3 is 24.9 Å². The fourth-order valence-electron chi connectivity index (χ4n) is 2.51. The molecule has 0 aliphatic carbocycles. The fourth-order valence-corrected chi connectivity index (χ4v) is 4.65. The number of para-hydroxylation sites is 1. The quantitative estimate of drug-likeness (QED) is 0.405. The van der Waals surface area contributed by atoms with Crippen LogP contribution in [0.2, 0.25) is 0 Å². The Morgan fingerprint density at radius 3 is 2.90 bits per heavy atom. The van der Waals surface area contributed by atoms with Crippen LogP contribution in [-0.4, -0.2) is 49.3 Å². The van der Waals surface area contributed by atoms with Gasteiger partial charge in [-0.2, -0.15) is 4.98 Å². The van der Waals surface area contributed by atoms with E-state index in [4.69, 9.17) is 19.8 Å². The van der Waals surface area contributed by atoms with Gasteiger partial charge >= 0.3 is 11.7 Å². The lowest BCUT2D eigenvalue weighted by atomic mass is 10.3. The molecule has 2 heterocycles. The first-order valence-corrected chi connectivity index (χ1v) is 11.3. The van der Waals surface area contributed by atoms with Crippen LogP contribution in [0.15, 0.2) is 41.3 Å². The number of aromatic nitrogens is 2. The molecule has 3 rings (SSSR count). The van der Waals surface area contributed by atoms with Crippen molar-refractivity contribution in [1.29, 1.82) is 0 Å². The summed E-state index contributed by atoms with van der Waals surface area (Å²) in [6, 6.07) is 7.01. The second-order valence-corrected chi connectivity index (χ2v) is 8.79. The smallest absolute Gasteiger partial charge is 0.351 e. The van der Waals surface area contributed by atoms with Gasteiger partial charge in [0.25, 0.3) is 8.18 Å². The van der Waals surface area contributed by atoms with E-state index in [-0.39, 0.29) is 12.4 Å². The van der Waals surface area contributed by atoms with Crippen molar-refractivity contribution < 1.29 is 33.0 Å². The molecular formula is C17H20FN4O7PS. The van der Waals surface area contributed by atoms with Gasteiger partial charge in [0.05, 0.1) is 12.8 Å². The summed E-state index contributed by atoms with van der Waals surface area (Å²) in [5.74, 6) is -2.02. The molecule has 4 atom stereocenters. The van der Waals surface area contributed by atoms with Gasteiger partial charge in [-0.25, -0.2) is 9.18 Å². The van der Waals surface area contributed by atoms with Crippen LogP contribution in [0, 0.1) is 5.82 Å². The first-order chi connectivity index (χ1) is 14.8. The van der Waals surface area contributed by atoms with Gasteiger partial charge in [0.1, 0.15) is 23.5 Å². The average Bonchev–Trinajstić information content (AvgIpc) is 3.21. The van der Waals surface area contributed by atoms with Gasteiger partial charge in [-0.15, -0.1) is 11.8 Å². The second kappa shape index (κ2) is 10.2. The number of hydrogen-bond acceptors (Lipinski definition) is 9. The number of halogens is 1. The van der Waals surface area contributed by atoms with Gasteiger partial charge in [-0.05, 0) is 19.1 Å². The van der Waals surface area contributed by atoms with E-state index in [1.54, 1.807) is 30.3 Å². The van der Waals surface area contributed by atoms with Crippen LogP contribution < -0.4 is 16.3 Å². The molecule has 14 heteroatoms. The van der Waals surface area contributed by atoms with Crippen molar-refractivity contribution in [2.24, 2.45) is 0 Å². The van der Waals surface area contributed by atoms with Crippen LogP contribution in [0.4, 0.5) is 10.2 Å². The molecular weight excluding hydrogens is 454 g/mol. The fraction of sp³-hybridized carbons (Fsp3) is 0.353. The SMILES string of the molecule is CC(C(=O)O)N(Oc1ccccc1)[PH](=O)OC[C@@H]1O[C@H](n2cc(F)c(N)nc2=O)CS1. The van der Waals surface area contributed by atoms with Crippen LogP contribution in [-0.2, 0) is 18.6 Å². The van der Waals surface area contributed by atoms with E-state index in [9.17, 15) is 23.7 Å². The summed E-state index contributed by atoms with van der Waals surface area (Å²) >= 11 is 1.25. The molecule has 0 amide bonds. The first-order valence-electron chi connectivity index (χ1n) is 8.99. The Bertz CT molecular complexity index is 1010. The van der Waals surface area contributed by atoms with Crippen molar-refractivity contribution >= 4 is 31.7 Å². The Hall–Kier alpha value is -2.44. The molecule has 3 N–H and O–H groups in total. The number of nitrogen functional groups attached to an aromatic ring is 1. The lowest BCUT2D eigenvalue weighted by Gasteiger charge is -2.25. The number of hydrogen-bond donors (Lipinski definition) is 2. The maximum absolute atomic E-state index is 13.6. The maximum Gasteiger partial charge on any atom is 0.351 e. The number of aliphatic carboxylic acids is 1. The van der Waals surface area contributed by atoms with E-state index in [0.717, 1.165) is 15.6 Å². The summed E-state index contributed by atoms with van der Waals surface area (Å²) in [7, 11) is -3.13. The largest absolute Gasteiger partial charge is 0.480 e. The number of carbonyl (C=O) groups is 1. The predicted molar refractivity (Wildman–Crippen MR) is 110 cm³/mol. The number of hydroxylamine groups is 1. The Labute approximate surface area is 180 Å². The minimum absolute atomic E-state index is 0.181. The summed E-state index contributed by atoms with van der Waals surface area (Å²) in [5, 5.41) is 9.28. The summed E-state index contributed by atoms with van der Waals surface area (Å²) in [6.07, 6.45) is 0.0944. The molecule has 168 valence electrons. The van der Waals surface area contributed by atoms with Gasteiger partial charge in [0.15, 0.2) is 11.6 Å². The number of benzene rings is 1. The second-order valence-electron chi connectivity index (χ2n) is 6.34. The van der Waals surface area contributed by atoms with Crippen LogP contribution in [0.25, 0.3) is 0 Å². The lowest BCUT2D eigenvalue weighted by Crippen LogP contribution is -2.37. The van der Waals surface area contributed by atoms with Crippen molar-refractivity contribution in [2.45, 2.75) is 24.6 Å². The molecule has 0 radical (unpaired) electrons. The highest BCUT2D eigenvalue weighted by Gasteiger charge is 2.32. The lowest BCUT2D eigenvalue weighted by molar-refractivity contribution is -0.148. The van der Waals surface area contributed by atoms with Crippen molar-refractivity contribution in [3.63, 3.8) is 0 Å². The average molecular weight is 474 g/mol. The molecule has 2 unspecified atom stereocenters. The van der Waals surface area contributed by atoms with Crippen LogP contribution in [0.1, 0.15) is 13.2 Å². The predicted octanol–water partition coefficient (Wildman–Crippen LogP) is 1.73. The van der Waals surface area contributed by atoms with Crippen LogP contribution in [0.5, 0.6) is 5.75 Å². The number of ether oxygens (including phenoxy) is 1. The van der Waals surface area contributed by atoms with Gasteiger partial charge in [-0.3, -0.25) is 13.9 Å². The van der Waals surface area contributed by atoms with Crippen LogP contribution in [0.3, 0.4) is 0 Å². The normalized spacial score (nSPS) is 20.5. The molecule has 2 aromatic rings. The highest BCUT2D eigenvalue weighted by molar-refractivity contribution is 8.00. The summed E-state index contributed by atoms with van der Waals surface area (Å²) in [5.41, 5.74) is 3.87. The van der Waals surface area contributed by atoms with Crippen molar-refractivity contribution in [2.75, 3.05) is 18.1 Å². The standard InChI is InChI=1S/C17H20FN4O7PS/c1-10(16(23)24)22(29-11-5-3-2-4-6-11)30(26)27-8-14-28-13(9-31-14)21-7-12(18)15(19)20-17(21)25/h2-7,10,13-14,30H,8-9H2,1H3,(H,23,24)(H2,19,20,25)/t10?,13-,14+/m0/s1. The third kappa shape index (κ3) is 5.83. The number of anilines is 1. The third-order valence-corrected chi connectivity index (χ3v) is 6.51. The van der Waals surface area contributed by atoms with E-state index < -0.39 is 49.2 Å². The molecule has 1 aliphatic rings. The molecule has 1 aliphatic heterocycles. The van der Waals surface area contributed by atoms with Crippen molar-refractivity contribution in [1.82, 2.24) is 14.4 Å². The highest BCUT2D eigenvalue weighted by atomic mass is 32.2. The van der Waals surface area contributed by atoms with Crippen molar-refractivity contribution in [3.05, 3.63) is 52.8 Å². The van der Waals surface area contributed by atoms with Gasteiger partial charge in [-0.1, -0.05) is 23.0 Å². The summed E-state index contributed by atoms with van der Waals surface area (Å²) in [4.78, 5) is 32.9. The molecule has 0 saturated carbocycles. The summed E-state index contributed by atoms with van der Waals surface area (Å²) in [6.45, 7) is 1.13. The topological polar surface area (TPSA) is 146 Å². The number of nitrogens with zero attached hydrogens (tertiary/aromatic N) is 3. The van der Waals surface area contributed by atoms with Gasteiger partial charge in [0, 0.05) is 5.75 Å². The number of carboxylic acids is 1. The number of nitrogens with two attached hydrogens (primary N) is 1. The molecule has 1 fully saturated rings. The van der Waals surface area contributed by atoms with E-state index in [1.165, 1.54) is 18.7 Å². The van der Waals surface area contributed by atoms with Gasteiger partial charge in [0.2, 0.25) is 0 Å². The minimum Gasteiger partial charge on any atom is -0.480 e. The van der Waals surface area contributed by atoms with Crippen LogP contribution >= 0.6 is 19.9 Å². The summed E-state index contributed by atoms with van der Waals surface area (Å²) < 4.78 is 38.2. The Kier molecular flexibility index (Phi) is 7.68. The minimum atomic E-state index is -3.13. The highest BCUT2D eigenvalue weighted by Crippen LogP contribution is 2.37. The third-order valence-electron chi connectivity index (χ3n) is 4.16. The zero-order chi connectivity index (χ0) is 22.5. The van der Waals surface area contributed by atoms with E-state index in [0.29, 0.717) is 5.75 Å². The maximum atomic E-state index is 13.6.